The van der Waals surface area contributed by atoms with Crippen LogP contribution >= 0.6 is 0 Å². The third-order valence-corrected chi connectivity index (χ3v) is 5.31. The van der Waals surface area contributed by atoms with Gasteiger partial charge in [-0.15, -0.1) is 0 Å². The second-order valence-electron chi connectivity index (χ2n) is 11.1. The van der Waals surface area contributed by atoms with Crippen LogP contribution in [0.2, 0.25) is 0 Å². The Morgan fingerprint density at radius 3 is 2.16 bits per heavy atom. The highest BCUT2D eigenvalue weighted by Gasteiger charge is 2.38. The molecule has 2 unspecified atom stereocenters. The first-order chi connectivity index (χ1) is 17.5. The summed E-state index contributed by atoms with van der Waals surface area (Å²) >= 11 is 0. The molecule has 0 spiro atoms. The lowest BCUT2D eigenvalue weighted by Gasteiger charge is -2.33. The molecule has 204 valence electrons. The van der Waals surface area contributed by atoms with Crippen molar-refractivity contribution in [3.05, 3.63) is 59.2 Å². The molecule has 38 heavy (non-hydrogen) atoms. The number of nitrogens with zero attached hydrogens (tertiary/aromatic N) is 1. The highest BCUT2D eigenvalue weighted by atomic mass is 16.6. The van der Waals surface area contributed by atoms with Crippen LogP contribution in [0.3, 0.4) is 0 Å². The van der Waals surface area contributed by atoms with Crippen molar-refractivity contribution in [2.45, 2.75) is 78.1 Å². The lowest BCUT2D eigenvalue weighted by Crippen LogP contribution is -2.53. The maximum Gasteiger partial charge on any atom is 0.408 e. The summed E-state index contributed by atoms with van der Waals surface area (Å²) < 4.78 is 5.35. The summed E-state index contributed by atoms with van der Waals surface area (Å²) in [5.41, 5.74) is -0.252. The van der Waals surface area contributed by atoms with Crippen molar-refractivity contribution in [3.8, 4) is 24.0 Å². The molecule has 0 heterocycles. The summed E-state index contributed by atoms with van der Waals surface area (Å²) in [6, 6.07) is 10.6. The predicted octanol–water partition coefficient (Wildman–Crippen LogP) is 3.92. The molecular formula is C29H37N3O6. The number of phenolic OH excluding ortho intramolecular Hbond substituents is 2. The Labute approximate surface area is 224 Å². The van der Waals surface area contributed by atoms with Gasteiger partial charge in [0, 0.05) is 23.6 Å². The van der Waals surface area contributed by atoms with Gasteiger partial charge in [0.2, 0.25) is 5.91 Å². The molecule has 0 saturated heterocycles. The normalized spacial score (nSPS) is 13.0. The van der Waals surface area contributed by atoms with Gasteiger partial charge in [-0.3, -0.25) is 14.5 Å². The van der Waals surface area contributed by atoms with Gasteiger partial charge in [-0.2, -0.15) is 0 Å². The standard InChI is InChI=1S/C29H37N3O6/c1-9-32(23(25(35)31-28(3,4)5)21-12-10-11-18(2)24(21)34)26(36)22(30-27(37)38-29(6,7)8)17-19-13-15-20(33)16-14-19/h1,10-16,22-23,33-34H,17H2,2-8H3,(H,30,37)(H,31,35). The van der Waals surface area contributed by atoms with Crippen LogP contribution in [0, 0.1) is 19.4 Å². The number of nitrogens with one attached hydrogen (secondary N) is 2. The molecule has 0 aliphatic carbocycles. The fourth-order valence-electron chi connectivity index (χ4n) is 3.69. The second kappa shape index (κ2) is 11.9. The Balaban J connectivity index is 2.57. The number of carbonyl (C=O) groups is 3. The van der Waals surface area contributed by atoms with Gasteiger partial charge in [0.1, 0.15) is 23.1 Å². The molecule has 0 aliphatic rings. The molecule has 0 bridgehead atoms. The van der Waals surface area contributed by atoms with Crippen LogP contribution in [0.5, 0.6) is 11.5 Å². The highest BCUT2D eigenvalue weighted by molar-refractivity contribution is 5.94. The van der Waals surface area contributed by atoms with Crippen molar-refractivity contribution >= 4 is 17.9 Å². The van der Waals surface area contributed by atoms with E-state index in [0.717, 1.165) is 4.90 Å². The predicted molar refractivity (Wildman–Crippen MR) is 144 cm³/mol. The van der Waals surface area contributed by atoms with Gasteiger partial charge in [0.05, 0.1) is 0 Å². The summed E-state index contributed by atoms with van der Waals surface area (Å²) in [5, 5.41) is 25.8. The number of hydrogen-bond donors (Lipinski definition) is 4. The Morgan fingerprint density at radius 1 is 1.03 bits per heavy atom. The minimum Gasteiger partial charge on any atom is -0.508 e. The largest absolute Gasteiger partial charge is 0.508 e. The molecule has 0 saturated carbocycles. The van der Waals surface area contributed by atoms with Gasteiger partial charge in [-0.25, -0.2) is 4.79 Å². The second-order valence-corrected chi connectivity index (χ2v) is 11.1. The van der Waals surface area contributed by atoms with Gasteiger partial charge in [0.25, 0.3) is 5.91 Å². The van der Waals surface area contributed by atoms with Crippen molar-refractivity contribution in [1.29, 1.82) is 0 Å². The molecule has 2 aromatic carbocycles. The lowest BCUT2D eigenvalue weighted by atomic mass is 9.97. The lowest BCUT2D eigenvalue weighted by molar-refractivity contribution is -0.139. The zero-order chi connectivity index (χ0) is 28.8. The molecule has 0 aliphatic heterocycles. The Kier molecular flexibility index (Phi) is 9.41. The first kappa shape index (κ1) is 30.0. The van der Waals surface area contributed by atoms with Gasteiger partial charge < -0.3 is 25.6 Å². The molecule has 0 fully saturated rings. The number of para-hydroxylation sites is 1. The number of benzene rings is 2. The average molecular weight is 524 g/mol. The van der Waals surface area contributed by atoms with E-state index in [9.17, 15) is 24.6 Å². The smallest absolute Gasteiger partial charge is 0.408 e. The summed E-state index contributed by atoms with van der Waals surface area (Å²) in [4.78, 5) is 41.0. The van der Waals surface area contributed by atoms with E-state index in [0.29, 0.717) is 11.1 Å². The summed E-state index contributed by atoms with van der Waals surface area (Å²) in [5.74, 6) is -1.51. The van der Waals surface area contributed by atoms with Crippen LogP contribution in [0.25, 0.3) is 0 Å². The van der Waals surface area contributed by atoms with Crippen molar-refractivity contribution < 1.29 is 29.3 Å². The zero-order valence-electron chi connectivity index (χ0n) is 23.0. The summed E-state index contributed by atoms with van der Waals surface area (Å²) in [7, 11) is 0. The van der Waals surface area contributed by atoms with Crippen molar-refractivity contribution in [2.24, 2.45) is 0 Å². The topological polar surface area (TPSA) is 128 Å². The number of ether oxygens (including phenoxy) is 1. The van der Waals surface area contributed by atoms with Gasteiger partial charge in [0.15, 0.2) is 6.04 Å². The van der Waals surface area contributed by atoms with E-state index >= 15 is 0 Å². The van der Waals surface area contributed by atoms with Crippen molar-refractivity contribution in [2.75, 3.05) is 0 Å². The Morgan fingerprint density at radius 2 is 1.63 bits per heavy atom. The first-order valence-electron chi connectivity index (χ1n) is 12.2. The molecule has 2 aromatic rings. The average Bonchev–Trinajstić information content (AvgIpc) is 2.77. The Hall–Kier alpha value is -4.19. The zero-order valence-corrected chi connectivity index (χ0v) is 23.0. The van der Waals surface area contributed by atoms with Crippen molar-refractivity contribution in [1.82, 2.24) is 15.5 Å². The summed E-state index contributed by atoms with van der Waals surface area (Å²) in [6.07, 6.45) is 4.95. The molecule has 3 amide bonds. The molecular weight excluding hydrogens is 486 g/mol. The number of aryl methyl sites for hydroxylation is 1. The van der Waals surface area contributed by atoms with E-state index in [4.69, 9.17) is 11.2 Å². The molecule has 2 rings (SSSR count). The van der Waals surface area contributed by atoms with Crippen LogP contribution in [0.4, 0.5) is 4.79 Å². The number of aromatic hydroxyl groups is 2. The SMILES string of the molecule is C#CN(C(=O)C(Cc1ccc(O)cc1)NC(=O)OC(C)(C)C)C(C(=O)NC(C)(C)C)c1cccc(C)c1O. The van der Waals surface area contributed by atoms with Crippen LogP contribution < -0.4 is 10.6 Å². The monoisotopic (exact) mass is 523 g/mol. The number of phenols is 2. The minimum atomic E-state index is -1.39. The molecule has 4 N–H and O–H groups in total. The number of amides is 3. The highest BCUT2D eigenvalue weighted by Crippen LogP contribution is 2.32. The molecule has 9 heteroatoms. The maximum absolute atomic E-state index is 13.9. The third-order valence-electron chi connectivity index (χ3n) is 5.31. The minimum absolute atomic E-state index is 0.00997. The van der Waals surface area contributed by atoms with Gasteiger partial charge >= 0.3 is 6.09 Å². The third kappa shape index (κ3) is 8.44. The molecule has 0 aromatic heterocycles. The van der Waals surface area contributed by atoms with Crippen LogP contribution in [-0.2, 0) is 20.7 Å². The number of alkyl carbamates (subject to hydrolysis) is 1. The number of carbonyl (C=O) groups excluding carboxylic acids is 3. The molecule has 0 radical (unpaired) electrons. The van der Waals surface area contributed by atoms with E-state index in [-0.39, 0.29) is 23.5 Å². The maximum atomic E-state index is 13.9. The van der Waals surface area contributed by atoms with E-state index in [2.05, 4.69) is 16.7 Å². The number of terminal acetylenes is 1. The molecule has 2 atom stereocenters. The van der Waals surface area contributed by atoms with Crippen LogP contribution in [-0.4, -0.2) is 50.2 Å². The van der Waals surface area contributed by atoms with E-state index in [1.165, 1.54) is 18.2 Å². The van der Waals surface area contributed by atoms with Gasteiger partial charge in [-0.1, -0.05) is 36.8 Å². The van der Waals surface area contributed by atoms with Gasteiger partial charge in [-0.05, 0) is 71.7 Å². The molecule has 9 nitrogen and oxygen atoms in total. The van der Waals surface area contributed by atoms with Crippen LogP contribution in [0.15, 0.2) is 42.5 Å². The van der Waals surface area contributed by atoms with E-state index < -0.39 is 41.1 Å². The summed E-state index contributed by atoms with van der Waals surface area (Å²) in [6.45, 7) is 12.0. The van der Waals surface area contributed by atoms with Crippen molar-refractivity contribution in [3.63, 3.8) is 0 Å². The Bertz CT molecular complexity index is 1200. The number of rotatable bonds is 7. The first-order valence-corrected chi connectivity index (χ1v) is 12.2. The number of hydrogen-bond acceptors (Lipinski definition) is 6. The van der Waals surface area contributed by atoms with Crippen LogP contribution in [0.1, 0.15) is 64.3 Å². The fraction of sp³-hybridized carbons (Fsp3) is 0.414. The van der Waals surface area contributed by atoms with E-state index in [1.54, 1.807) is 72.7 Å². The fourth-order valence-corrected chi connectivity index (χ4v) is 3.69. The quantitative estimate of drug-likeness (QED) is 0.322. The van der Waals surface area contributed by atoms with E-state index in [1.807, 2.05) is 0 Å².